The molecule has 112 valence electrons. The molecule has 3 N–H and O–H groups in total. The Morgan fingerprint density at radius 2 is 2.05 bits per heavy atom. The molecular formula is C15H24N2O3. The third kappa shape index (κ3) is 5.48. The molecule has 1 aromatic carbocycles. The summed E-state index contributed by atoms with van der Waals surface area (Å²) < 4.78 is 10.5. The van der Waals surface area contributed by atoms with Crippen molar-refractivity contribution < 1.29 is 14.3 Å². The summed E-state index contributed by atoms with van der Waals surface area (Å²) in [6, 6.07) is 4.99. The van der Waals surface area contributed by atoms with Gasteiger partial charge in [-0.2, -0.15) is 0 Å². The van der Waals surface area contributed by atoms with Gasteiger partial charge in [0.1, 0.15) is 5.75 Å². The van der Waals surface area contributed by atoms with Gasteiger partial charge in [-0.1, -0.05) is 13.3 Å². The van der Waals surface area contributed by atoms with Gasteiger partial charge in [0.2, 0.25) is 0 Å². The highest BCUT2D eigenvalue weighted by Crippen LogP contribution is 2.21. The number of benzene rings is 1. The van der Waals surface area contributed by atoms with Crippen LogP contribution >= 0.6 is 0 Å². The Kier molecular flexibility index (Phi) is 7.50. The van der Waals surface area contributed by atoms with Gasteiger partial charge in [-0.05, 0) is 31.0 Å². The molecular weight excluding hydrogens is 256 g/mol. The molecule has 0 atom stereocenters. The van der Waals surface area contributed by atoms with Crippen molar-refractivity contribution in [2.45, 2.75) is 26.2 Å². The first-order valence-electron chi connectivity index (χ1n) is 6.98. The smallest absolute Gasteiger partial charge is 0.251 e. The molecule has 0 aliphatic heterocycles. The van der Waals surface area contributed by atoms with Gasteiger partial charge in [-0.3, -0.25) is 4.79 Å². The molecule has 0 saturated heterocycles. The fourth-order valence-electron chi connectivity index (χ4n) is 1.68. The molecule has 0 aliphatic rings. The molecule has 5 heteroatoms. The zero-order valence-corrected chi connectivity index (χ0v) is 12.3. The number of nitrogen functional groups attached to an aromatic ring is 1. The molecule has 0 aliphatic carbocycles. The number of hydrogen-bond acceptors (Lipinski definition) is 4. The molecule has 0 unspecified atom stereocenters. The first-order valence-corrected chi connectivity index (χ1v) is 6.98. The molecule has 1 aromatic rings. The van der Waals surface area contributed by atoms with E-state index in [1.165, 1.54) is 7.11 Å². The fourth-order valence-corrected chi connectivity index (χ4v) is 1.68. The molecule has 0 aromatic heterocycles. The maximum absolute atomic E-state index is 11.9. The van der Waals surface area contributed by atoms with Crippen LogP contribution < -0.4 is 15.8 Å². The van der Waals surface area contributed by atoms with Crippen LogP contribution in [0, 0.1) is 0 Å². The van der Waals surface area contributed by atoms with Gasteiger partial charge in [0, 0.05) is 25.3 Å². The van der Waals surface area contributed by atoms with E-state index in [1.54, 1.807) is 18.2 Å². The van der Waals surface area contributed by atoms with Crippen molar-refractivity contribution >= 4 is 11.6 Å². The Bertz CT molecular complexity index is 422. The third-order valence-electron chi connectivity index (χ3n) is 2.89. The Labute approximate surface area is 120 Å². The maximum Gasteiger partial charge on any atom is 0.251 e. The molecule has 0 spiro atoms. The van der Waals surface area contributed by atoms with Crippen LogP contribution in [0.4, 0.5) is 5.69 Å². The lowest BCUT2D eigenvalue weighted by molar-refractivity contribution is 0.0940. The van der Waals surface area contributed by atoms with Gasteiger partial charge >= 0.3 is 0 Å². The molecule has 5 nitrogen and oxygen atoms in total. The van der Waals surface area contributed by atoms with Gasteiger partial charge in [0.15, 0.2) is 0 Å². The molecule has 0 bridgehead atoms. The highest BCUT2D eigenvalue weighted by atomic mass is 16.5. The lowest BCUT2D eigenvalue weighted by Crippen LogP contribution is -2.25. The molecule has 0 fully saturated rings. The summed E-state index contributed by atoms with van der Waals surface area (Å²) in [7, 11) is 1.53. The van der Waals surface area contributed by atoms with E-state index in [2.05, 4.69) is 12.2 Å². The summed E-state index contributed by atoms with van der Waals surface area (Å²) in [5, 5.41) is 2.85. The minimum absolute atomic E-state index is 0.128. The van der Waals surface area contributed by atoms with Crippen LogP contribution in [0.1, 0.15) is 36.5 Å². The zero-order valence-electron chi connectivity index (χ0n) is 12.3. The standard InChI is InChI=1S/C15H24N2O3/c1-3-4-9-20-10-5-8-17-15(18)12-6-7-13(16)14(11-12)19-2/h6-7,11H,3-5,8-10,16H2,1-2H3,(H,17,18). The maximum atomic E-state index is 11.9. The number of rotatable bonds is 9. The van der Waals surface area contributed by atoms with E-state index in [-0.39, 0.29) is 5.91 Å². The minimum atomic E-state index is -0.128. The first kappa shape index (κ1) is 16.3. The second-order valence-corrected chi connectivity index (χ2v) is 4.53. The van der Waals surface area contributed by atoms with Gasteiger partial charge in [0.25, 0.3) is 5.91 Å². The van der Waals surface area contributed by atoms with E-state index in [0.29, 0.717) is 30.2 Å². The summed E-state index contributed by atoms with van der Waals surface area (Å²) in [4.78, 5) is 11.9. The number of hydrogen-bond donors (Lipinski definition) is 2. The molecule has 0 radical (unpaired) electrons. The van der Waals surface area contributed by atoms with Crippen molar-refractivity contribution in [1.29, 1.82) is 0 Å². The predicted molar refractivity (Wildman–Crippen MR) is 80.1 cm³/mol. The molecule has 0 saturated carbocycles. The Morgan fingerprint density at radius 1 is 1.30 bits per heavy atom. The zero-order chi connectivity index (χ0) is 14.8. The molecule has 1 rings (SSSR count). The Balaban J connectivity index is 2.29. The van der Waals surface area contributed by atoms with Crippen molar-refractivity contribution in [3.8, 4) is 5.75 Å². The van der Waals surface area contributed by atoms with Crippen LogP contribution in [-0.4, -0.2) is 32.8 Å². The van der Waals surface area contributed by atoms with Crippen molar-refractivity contribution in [2.24, 2.45) is 0 Å². The number of nitrogens with two attached hydrogens (primary N) is 1. The van der Waals surface area contributed by atoms with Crippen LogP contribution in [0.15, 0.2) is 18.2 Å². The lowest BCUT2D eigenvalue weighted by Gasteiger charge is -2.08. The number of nitrogens with one attached hydrogen (secondary N) is 1. The van der Waals surface area contributed by atoms with E-state index in [1.807, 2.05) is 0 Å². The minimum Gasteiger partial charge on any atom is -0.495 e. The van der Waals surface area contributed by atoms with Crippen LogP contribution in [0.2, 0.25) is 0 Å². The second-order valence-electron chi connectivity index (χ2n) is 4.53. The van der Waals surface area contributed by atoms with E-state index in [9.17, 15) is 4.79 Å². The van der Waals surface area contributed by atoms with Crippen molar-refractivity contribution in [1.82, 2.24) is 5.32 Å². The number of carbonyl (C=O) groups excluding carboxylic acids is 1. The summed E-state index contributed by atoms with van der Waals surface area (Å²) in [5.74, 6) is 0.386. The van der Waals surface area contributed by atoms with Crippen molar-refractivity contribution in [3.05, 3.63) is 23.8 Å². The Morgan fingerprint density at radius 3 is 2.75 bits per heavy atom. The highest BCUT2D eigenvalue weighted by molar-refractivity contribution is 5.95. The molecule has 1 amide bonds. The average molecular weight is 280 g/mol. The van der Waals surface area contributed by atoms with Crippen LogP contribution in [0.5, 0.6) is 5.75 Å². The highest BCUT2D eigenvalue weighted by Gasteiger charge is 2.08. The quantitative estimate of drug-likeness (QED) is 0.537. The SMILES string of the molecule is CCCCOCCCNC(=O)c1ccc(N)c(OC)c1. The van der Waals surface area contributed by atoms with E-state index >= 15 is 0 Å². The fraction of sp³-hybridized carbons (Fsp3) is 0.533. The molecule has 0 heterocycles. The van der Waals surface area contributed by atoms with Gasteiger partial charge in [-0.15, -0.1) is 0 Å². The van der Waals surface area contributed by atoms with Crippen LogP contribution in [0.25, 0.3) is 0 Å². The summed E-state index contributed by atoms with van der Waals surface area (Å²) in [6.07, 6.45) is 3.02. The van der Waals surface area contributed by atoms with E-state index in [0.717, 1.165) is 25.9 Å². The monoisotopic (exact) mass is 280 g/mol. The normalized spacial score (nSPS) is 10.3. The first-order chi connectivity index (χ1) is 9.69. The number of carbonyl (C=O) groups is 1. The van der Waals surface area contributed by atoms with Crippen molar-refractivity contribution in [2.75, 3.05) is 32.6 Å². The molecule has 20 heavy (non-hydrogen) atoms. The van der Waals surface area contributed by atoms with Gasteiger partial charge in [0.05, 0.1) is 12.8 Å². The third-order valence-corrected chi connectivity index (χ3v) is 2.89. The number of ether oxygens (including phenoxy) is 2. The summed E-state index contributed by atoms with van der Waals surface area (Å²) >= 11 is 0. The second kappa shape index (κ2) is 9.20. The Hall–Kier alpha value is -1.75. The van der Waals surface area contributed by atoms with Gasteiger partial charge in [-0.25, -0.2) is 0 Å². The number of methoxy groups -OCH3 is 1. The van der Waals surface area contributed by atoms with Crippen LogP contribution in [-0.2, 0) is 4.74 Å². The summed E-state index contributed by atoms with van der Waals surface area (Å²) in [6.45, 7) is 4.19. The van der Waals surface area contributed by atoms with Crippen LogP contribution in [0.3, 0.4) is 0 Å². The van der Waals surface area contributed by atoms with Gasteiger partial charge < -0.3 is 20.5 Å². The number of anilines is 1. The lowest BCUT2D eigenvalue weighted by atomic mass is 10.2. The van der Waals surface area contributed by atoms with Crippen molar-refractivity contribution in [3.63, 3.8) is 0 Å². The average Bonchev–Trinajstić information content (AvgIpc) is 2.46. The van der Waals surface area contributed by atoms with E-state index in [4.69, 9.17) is 15.2 Å². The topological polar surface area (TPSA) is 73.6 Å². The number of amides is 1. The predicted octanol–water partition coefficient (Wildman–Crippen LogP) is 2.21. The van der Waals surface area contributed by atoms with E-state index < -0.39 is 0 Å². The largest absolute Gasteiger partial charge is 0.495 e. The number of unbranched alkanes of at least 4 members (excludes halogenated alkanes) is 1. The summed E-state index contributed by atoms with van der Waals surface area (Å²) in [5.41, 5.74) is 6.77.